The van der Waals surface area contributed by atoms with Gasteiger partial charge >= 0.3 is 0 Å². The Morgan fingerprint density at radius 2 is 1.86 bits per heavy atom. The molecule has 0 aliphatic carbocycles. The van der Waals surface area contributed by atoms with E-state index >= 15 is 0 Å². The standard InChI is InChI=1S/C18H18ClFN4O3S/c19-14-11-12(20)1-2-13(14)17(27)24-8-6-23(7-9-24)16(26)4-3-15(25)22-18-21-5-10-28-18/h1-2,5,10-11H,3-4,6-9H2,(H,21,22,25). The molecule has 148 valence electrons. The van der Waals surface area contributed by atoms with Crippen molar-refractivity contribution < 1.29 is 18.8 Å². The Morgan fingerprint density at radius 1 is 1.14 bits per heavy atom. The maximum atomic E-state index is 13.1. The first-order valence-corrected chi connectivity index (χ1v) is 9.91. The van der Waals surface area contributed by atoms with Gasteiger partial charge in [0, 0.05) is 50.6 Å². The number of carbonyl (C=O) groups excluding carboxylic acids is 3. The number of hydrogen-bond acceptors (Lipinski definition) is 5. The quantitative estimate of drug-likeness (QED) is 0.799. The van der Waals surface area contributed by atoms with Crippen LogP contribution in [-0.2, 0) is 9.59 Å². The Bertz CT molecular complexity index is 870. The lowest BCUT2D eigenvalue weighted by atomic mass is 10.1. The number of nitrogens with one attached hydrogen (secondary N) is 1. The maximum absolute atomic E-state index is 13.1. The van der Waals surface area contributed by atoms with Crippen molar-refractivity contribution in [3.63, 3.8) is 0 Å². The SMILES string of the molecule is O=C(CCC(=O)N1CCN(C(=O)c2ccc(F)cc2Cl)CC1)Nc1nccs1. The zero-order valence-electron chi connectivity index (χ0n) is 14.9. The summed E-state index contributed by atoms with van der Waals surface area (Å²) in [6.45, 7) is 1.45. The lowest BCUT2D eigenvalue weighted by Gasteiger charge is -2.35. The highest BCUT2D eigenvalue weighted by atomic mass is 35.5. The predicted molar refractivity (Wildman–Crippen MR) is 104 cm³/mol. The molecule has 1 aromatic carbocycles. The van der Waals surface area contributed by atoms with Crippen LogP contribution in [0.4, 0.5) is 9.52 Å². The Balaban J connectivity index is 1.46. The van der Waals surface area contributed by atoms with Gasteiger partial charge in [0.1, 0.15) is 5.82 Å². The number of amides is 3. The first-order chi connectivity index (χ1) is 13.4. The van der Waals surface area contributed by atoms with Crippen molar-refractivity contribution in [2.45, 2.75) is 12.8 Å². The second-order valence-electron chi connectivity index (χ2n) is 6.18. The van der Waals surface area contributed by atoms with E-state index in [1.54, 1.807) is 21.4 Å². The summed E-state index contributed by atoms with van der Waals surface area (Å²) < 4.78 is 13.1. The average molecular weight is 425 g/mol. The van der Waals surface area contributed by atoms with Crippen LogP contribution in [0, 0.1) is 5.82 Å². The number of benzene rings is 1. The van der Waals surface area contributed by atoms with E-state index < -0.39 is 5.82 Å². The van der Waals surface area contributed by atoms with Crippen LogP contribution in [0.5, 0.6) is 0 Å². The smallest absolute Gasteiger partial charge is 0.255 e. The van der Waals surface area contributed by atoms with E-state index in [0.717, 1.165) is 6.07 Å². The minimum absolute atomic E-state index is 0.0646. The van der Waals surface area contributed by atoms with Gasteiger partial charge in [-0.3, -0.25) is 14.4 Å². The van der Waals surface area contributed by atoms with E-state index in [2.05, 4.69) is 10.3 Å². The van der Waals surface area contributed by atoms with Gasteiger partial charge in [0.15, 0.2) is 5.13 Å². The Labute approximate surface area is 170 Å². The fourth-order valence-corrected chi connectivity index (χ4v) is 3.63. The molecule has 0 bridgehead atoms. The lowest BCUT2D eigenvalue weighted by molar-refractivity contribution is -0.134. The molecule has 1 fully saturated rings. The number of piperazine rings is 1. The van der Waals surface area contributed by atoms with Crippen LogP contribution >= 0.6 is 22.9 Å². The molecule has 1 aromatic heterocycles. The molecule has 3 rings (SSSR count). The first-order valence-electron chi connectivity index (χ1n) is 8.65. The summed E-state index contributed by atoms with van der Waals surface area (Å²) in [5, 5.41) is 4.95. The van der Waals surface area contributed by atoms with E-state index in [1.807, 2.05) is 0 Å². The Morgan fingerprint density at radius 3 is 2.50 bits per heavy atom. The van der Waals surface area contributed by atoms with Crippen molar-refractivity contribution in [2.75, 3.05) is 31.5 Å². The number of carbonyl (C=O) groups is 3. The molecule has 0 unspecified atom stereocenters. The second kappa shape index (κ2) is 9.11. The highest BCUT2D eigenvalue weighted by molar-refractivity contribution is 7.13. The third-order valence-corrected chi connectivity index (χ3v) is 5.33. The molecule has 1 saturated heterocycles. The van der Waals surface area contributed by atoms with Gasteiger partial charge in [0.05, 0.1) is 10.6 Å². The summed E-state index contributed by atoms with van der Waals surface area (Å²) in [5.74, 6) is -1.19. The summed E-state index contributed by atoms with van der Waals surface area (Å²) in [7, 11) is 0. The molecule has 1 N–H and O–H groups in total. The third-order valence-electron chi connectivity index (χ3n) is 4.33. The van der Waals surface area contributed by atoms with Gasteiger partial charge in [0.25, 0.3) is 5.91 Å². The lowest BCUT2D eigenvalue weighted by Crippen LogP contribution is -2.50. The molecule has 2 heterocycles. The van der Waals surface area contributed by atoms with Crippen molar-refractivity contribution in [1.29, 1.82) is 0 Å². The fraction of sp³-hybridized carbons (Fsp3) is 0.333. The summed E-state index contributed by atoms with van der Waals surface area (Å²) in [6.07, 6.45) is 1.75. The molecule has 28 heavy (non-hydrogen) atoms. The highest BCUT2D eigenvalue weighted by Gasteiger charge is 2.26. The van der Waals surface area contributed by atoms with Crippen LogP contribution < -0.4 is 5.32 Å². The molecule has 1 aliphatic heterocycles. The number of anilines is 1. The average Bonchev–Trinajstić information content (AvgIpc) is 3.19. The number of thiazole rings is 1. The number of aromatic nitrogens is 1. The molecule has 2 aromatic rings. The van der Waals surface area contributed by atoms with Crippen LogP contribution in [-0.4, -0.2) is 58.7 Å². The van der Waals surface area contributed by atoms with Gasteiger partial charge < -0.3 is 15.1 Å². The zero-order valence-corrected chi connectivity index (χ0v) is 16.4. The van der Waals surface area contributed by atoms with Gasteiger partial charge in [-0.2, -0.15) is 0 Å². The van der Waals surface area contributed by atoms with Crippen molar-refractivity contribution in [1.82, 2.24) is 14.8 Å². The van der Waals surface area contributed by atoms with Crippen molar-refractivity contribution in [2.24, 2.45) is 0 Å². The van der Waals surface area contributed by atoms with Gasteiger partial charge in [-0.25, -0.2) is 9.37 Å². The van der Waals surface area contributed by atoms with E-state index in [0.29, 0.717) is 31.3 Å². The minimum Gasteiger partial charge on any atom is -0.339 e. The zero-order chi connectivity index (χ0) is 20.1. The molecule has 0 spiro atoms. The first kappa shape index (κ1) is 20.2. The number of nitrogens with zero attached hydrogens (tertiary/aromatic N) is 3. The summed E-state index contributed by atoms with van der Waals surface area (Å²) in [5.41, 5.74) is 0.238. The molecule has 3 amide bonds. The Hall–Kier alpha value is -2.52. The van der Waals surface area contributed by atoms with E-state index in [-0.39, 0.29) is 41.1 Å². The van der Waals surface area contributed by atoms with E-state index in [4.69, 9.17) is 11.6 Å². The molecular weight excluding hydrogens is 407 g/mol. The predicted octanol–water partition coefficient (Wildman–Crippen LogP) is 2.64. The summed E-state index contributed by atoms with van der Waals surface area (Å²) in [6, 6.07) is 3.65. The largest absolute Gasteiger partial charge is 0.339 e. The minimum atomic E-state index is -0.504. The number of rotatable bonds is 5. The molecular formula is C18H18ClFN4O3S. The fourth-order valence-electron chi connectivity index (χ4n) is 2.84. The second-order valence-corrected chi connectivity index (χ2v) is 7.48. The van der Waals surface area contributed by atoms with Crippen molar-refractivity contribution >= 4 is 45.8 Å². The van der Waals surface area contributed by atoms with Crippen LogP contribution in [0.1, 0.15) is 23.2 Å². The van der Waals surface area contributed by atoms with Crippen LogP contribution in [0.15, 0.2) is 29.8 Å². The number of hydrogen-bond donors (Lipinski definition) is 1. The molecule has 0 radical (unpaired) electrons. The van der Waals surface area contributed by atoms with Gasteiger partial charge in [-0.15, -0.1) is 11.3 Å². The molecule has 0 saturated carbocycles. The highest BCUT2D eigenvalue weighted by Crippen LogP contribution is 2.20. The maximum Gasteiger partial charge on any atom is 0.255 e. The van der Waals surface area contributed by atoms with Gasteiger partial charge in [-0.05, 0) is 18.2 Å². The van der Waals surface area contributed by atoms with Crippen molar-refractivity contribution in [3.8, 4) is 0 Å². The summed E-state index contributed by atoms with van der Waals surface area (Å²) >= 11 is 7.26. The monoisotopic (exact) mass is 424 g/mol. The van der Waals surface area contributed by atoms with Crippen LogP contribution in [0.3, 0.4) is 0 Å². The van der Waals surface area contributed by atoms with Crippen LogP contribution in [0.2, 0.25) is 5.02 Å². The normalized spacial score (nSPS) is 14.1. The van der Waals surface area contributed by atoms with E-state index in [9.17, 15) is 18.8 Å². The molecule has 0 atom stereocenters. The topological polar surface area (TPSA) is 82.6 Å². The molecule has 1 aliphatic rings. The van der Waals surface area contributed by atoms with Gasteiger partial charge in [0.2, 0.25) is 11.8 Å². The molecule has 10 heteroatoms. The van der Waals surface area contributed by atoms with E-state index in [1.165, 1.54) is 23.5 Å². The number of halogens is 2. The Kier molecular flexibility index (Phi) is 6.58. The third kappa shape index (κ3) is 5.05. The van der Waals surface area contributed by atoms with Crippen LogP contribution in [0.25, 0.3) is 0 Å². The van der Waals surface area contributed by atoms with Crippen molar-refractivity contribution in [3.05, 3.63) is 46.2 Å². The summed E-state index contributed by atoms with van der Waals surface area (Å²) in [4.78, 5) is 43.9. The van der Waals surface area contributed by atoms with Gasteiger partial charge in [-0.1, -0.05) is 11.6 Å². The molecule has 7 nitrogen and oxygen atoms in total.